The zero-order valence-electron chi connectivity index (χ0n) is 11.0. The van der Waals surface area contributed by atoms with E-state index in [9.17, 15) is 0 Å². The number of aromatic nitrogens is 2. The Morgan fingerprint density at radius 1 is 1.47 bits per heavy atom. The number of hydrogen-bond acceptors (Lipinski definition) is 5. The van der Waals surface area contributed by atoms with E-state index in [-0.39, 0.29) is 0 Å². The second-order valence-corrected chi connectivity index (χ2v) is 6.52. The average Bonchev–Trinajstić information content (AvgIpc) is 2.98. The molecule has 5 heteroatoms. The molecule has 0 bridgehead atoms. The van der Waals surface area contributed by atoms with Crippen LogP contribution in [0.2, 0.25) is 0 Å². The van der Waals surface area contributed by atoms with Gasteiger partial charge in [0.15, 0.2) is 5.82 Å². The van der Waals surface area contributed by atoms with E-state index in [2.05, 4.69) is 33.4 Å². The highest BCUT2D eigenvalue weighted by atomic mass is 32.1. The van der Waals surface area contributed by atoms with Crippen LogP contribution in [0, 0.1) is 0 Å². The highest BCUT2D eigenvalue weighted by Crippen LogP contribution is 2.38. The second-order valence-electron chi connectivity index (χ2n) is 5.52. The lowest BCUT2D eigenvalue weighted by Crippen LogP contribution is -2.32. The highest BCUT2D eigenvalue weighted by molar-refractivity contribution is 7.10. The van der Waals surface area contributed by atoms with Gasteiger partial charge in [0.1, 0.15) is 0 Å². The van der Waals surface area contributed by atoms with E-state index < -0.39 is 0 Å². The van der Waals surface area contributed by atoms with Gasteiger partial charge in [0.25, 0.3) is 0 Å². The molecule has 3 heterocycles. The summed E-state index contributed by atoms with van der Waals surface area (Å²) in [6.45, 7) is 4.12. The number of fused-ring (bicyclic) bond motifs is 1. The quantitative estimate of drug-likeness (QED) is 0.863. The van der Waals surface area contributed by atoms with Gasteiger partial charge in [-0.3, -0.25) is 4.90 Å². The average molecular weight is 275 g/mol. The summed E-state index contributed by atoms with van der Waals surface area (Å²) in [5.74, 6) is 2.25. The summed E-state index contributed by atoms with van der Waals surface area (Å²) >= 11 is 1.88. The predicted molar refractivity (Wildman–Crippen MR) is 73.1 cm³/mol. The van der Waals surface area contributed by atoms with Crippen molar-refractivity contribution in [3.05, 3.63) is 33.6 Å². The predicted octanol–water partition coefficient (Wildman–Crippen LogP) is 3.13. The van der Waals surface area contributed by atoms with Gasteiger partial charge >= 0.3 is 0 Å². The molecule has 4 nitrogen and oxygen atoms in total. The molecule has 0 aromatic carbocycles. The summed E-state index contributed by atoms with van der Waals surface area (Å²) in [5, 5.41) is 6.29. The molecule has 19 heavy (non-hydrogen) atoms. The van der Waals surface area contributed by atoms with Gasteiger partial charge in [-0.25, -0.2) is 0 Å². The van der Waals surface area contributed by atoms with Gasteiger partial charge in [0.2, 0.25) is 5.89 Å². The minimum atomic E-state index is 0.450. The summed E-state index contributed by atoms with van der Waals surface area (Å²) in [6.07, 6.45) is 3.58. The maximum Gasteiger partial charge on any atom is 0.240 e. The highest BCUT2D eigenvalue weighted by Gasteiger charge is 2.30. The lowest BCUT2D eigenvalue weighted by Gasteiger charge is -2.32. The first-order chi connectivity index (χ1) is 9.31. The monoisotopic (exact) mass is 275 g/mol. The maximum absolute atomic E-state index is 5.39. The molecule has 2 aromatic heterocycles. The van der Waals surface area contributed by atoms with Gasteiger partial charge in [0, 0.05) is 23.4 Å². The van der Waals surface area contributed by atoms with Gasteiger partial charge in [-0.15, -0.1) is 11.3 Å². The van der Waals surface area contributed by atoms with E-state index in [1.54, 1.807) is 0 Å². The third-order valence-electron chi connectivity index (χ3n) is 4.17. The molecule has 1 atom stereocenters. The van der Waals surface area contributed by atoms with Crippen molar-refractivity contribution in [2.75, 3.05) is 6.54 Å². The molecule has 1 unspecified atom stereocenters. The minimum Gasteiger partial charge on any atom is -0.338 e. The Morgan fingerprint density at radius 3 is 3.21 bits per heavy atom. The summed E-state index contributed by atoms with van der Waals surface area (Å²) in [7, 11) is 0. The zero-order chi connectivity index (χ0) is 12.8. The van der Waals surface area contributed by atoms with Gasteiger partial charge in [-0.1, -0.05) is 5.16 Å². The van der Waals surface area contributed by atoms with Crippen LogP contribution in [-0.2, 0) is 13.0 Å². The van der Waals surface area contributed by atoms with Crippen molar-refractivity contribution in [1.82, 2.24) is 15.0 Å². The number of rotatable bonds is 3. The second kappa shape index (κ2) is 4.42. The number of hydrogen-bond donors (Lipinski definition) is 0. The van der Waals surface area contributed by atoms with Crippen LogP contribution in [-0.4, -0.2) is 21.6 Å². The normalized spacial score (nSPS) is 23.5. The van der Waals surface area contributed by atoms with Crippen molar-refractivity contribution in [3.8, 4) is 0 Å². The first kappa shape index (κ1) is 11.6. The molecule has 1 saturated carbocycles. The molecule has 2 aliphatic rings. The largest absolute Gasteiger partial charge is 0.338 e. The molecule has 0 N–H and O–H groups in total. The number of thiophene rings is 1. The molecule has 0 saturated heterocycles. The minimum absolute atomic E-state index is 0.450. The van der Waals surface area contributed by atoms with E-state index in [0.717, 1.165) is 31.2 Å². The molecule has 1 aliphatic carbocycles. The van der Waals surface area contributed by atoms with Crippen molar-refractivity contribution < 1.29 is 4.52 Å². The fraction of sp³-hybridized carbons (Fsp3) is 0.571. The summed E-state index contributed by atoms with van der Waals surface area (Å²) in [6, 6.07) is 2.70. The first-order valence-electron chi connectivity index (χ1n) is 6.94. The van der Waals surface area contributed by atoms with Crippen molar-refractivity contribution in [3.63, 3.8) is 0 Å². The Bertz CT molecular complexity index is 587. The van der Waals surface area contributed by atoms with Crippen molar-refractivity contribution in [2.24, 2.45) is 0 Å². The van der Waals surface area contributed by atoms with E-state index in [0.29, 0.717) is 12.0 Å². The molecular weight excluding hydrogens is 258 g/mol. The lowest BCUT2D eigenvalue weighted by molar-refractivity contribution is 0.167. The van der Waals surface area contributed by atoms with E-state index in [1.165, 1.54) is 23.3 Å². The van der Waals surface area contributed by atoms with Gasteiger partial charge in [-0.05, 0) is 43.2 Å². The molecule has 1 aliphatic heterocycles. The first-order valence-corrected chi connectivity index (χ1v) is 7.82. The molecule has 100 valence electrons. The molecule has 2 aromatic rings. The molecule has 1 fully saturated rings. The third kappa shape index (κ3) is 2.11. The Kier molecular flexibility index (Phi) is 2.70. The third-order valence-corrected chi connectivity index (χ3v) is 5.16. The van der Waals surface area contributed by atoms with Gasteiger partial charge < -0.3 is 4.52 Å². The van der Waals surface area contributed by atoms with E-state index >= 15 is 0 Å². The number of nitrogens with zero attached hydrogens (tertiary/aromatic N) is 3. The van der Waals surface area contributed by atoms with Crippen LogP contribution in [0.5, 0.6) is 0 Å². The van der Waals surface area contributed by atoms with Crippen molar-refractivity contribution in [1.29, 1.82) is 0 Å². The van der Waals surface area contributed by atoms with Gasteiger partial charge in [0.05, 0.1) is 6.54 Å². The maximum atomic E-state index is 5.39. The van der Waals surface area contributed by atoms with Crippen LogP contribution < -0.4 is 0 Å². The topological polar surface area (TPSA) is 42.2 Å². The van der Waals surface area contributed by atoms with E-state index in [1.807, 2.05) is 11.3 Å². The molecule has 0 spiro atoms. The van der Waals surface area contributed by atoms with Gasteiger partial charge in [-0.2, -0.15) is 4.98 Å². The standard InChI is InChI=1S/C14H17N3OS/c1-9-11-5-7-19-12(11)4-6-17(9)8-13-15-14(16-18-13)10-2-3-10/h5,7,9-10H,2-4,6,8H2,1H3. The van der Waals surface area contributed by atoms with Crippen LogP contribution in [0.15, 0.2) is 16.0 Å². The van der Waals surface area contributed by atoms with Crippen LogP contribution in [0.25, 0.3) is 0 Å². The smallest absolute Gasteiger partial charge is 0.240 e. The van der Waals surface area contributed by atoms with Crippen LogP contribution in [0.1, 0.15) is 53.9 Å². The Balaban J connectivity index is 1.50. The Morgan fingerprint density at radius 2 is 2.37 bits per heavy atom. The summed E-state index contributed by atoms with van der Waals surface area (Å²) < 4.78 is 5.39. The molecule has 0 radical (unpaired) electrons. The summed E-state index contributed by atoms with van der Waals surface area (Å²) in [4.78, 5) is 8.49. The summed E-state index contributed by atoms with van der Waals surface area (Å²) in [5.41, 5.74) is 1.47. The van der Waals surface area contributed by atoms with E-state index in [4.69, 9.17) is 4.52 Å². The van der Waals surface area contributed by atoms with Crippen LogP contribution in [0.4, 0.5) is 0 Å². The zero-order valence-corrected chi connectivity index (χ0v) is 11.8. The fourth-order valence-electron chi connectivity index (χ4n) is 2.79. The Labute approximate surface area is 116 Å². The fourth-order valence-corrected chi connectivity index (χ4v) is 3.75. The molecule has 0 amide bonds. The SMILES string of the molecule is CC1c2ccsc2CCN1Cc1nc(C2CC2)no1. The molecule has 4 rings (SSSR count). The Hall–Kier alpha value is -1.20. The van der Waals surface area contributed by atoms with Crippen LogP contribution in [0.3, 0.4) is 0 Å². The molecular formula is C14H17N3OS. The van der Waals surface area contributed by atoms with Crippen molar-refractivity contribution in [2.45, 2.75) is 44.7 Å². The van der Waals surface area contributed by atoms with Crippen LogP contribution >= 0.6 is 11.3 Å². The van der Waals surface area contributed by atoms with Crippen molar-refractivity contribution >= 4 is 11.3 Å². The lowest BCUT2D eigenvalue weighted by atomic mass is 10.0.